The van der Waals surface area contributed by atoms with Gasteiger partial charge in [0.2, 0.25) is 5.91 Å². The van der Waals surface area contributed by atoms with E-state index >= 15 is 0 Å². The smallest absolute Gasteiger partial charge is 0.234 e. The largest absolute Gasteiger partial charge is 0.325 e. The Kier molecular flexibility index (Phi) is 5.24. The highest BCUT2D eigenvalue weighted by atomic mass is 32.2. The van der Waals surface area contributed by atoms with Crippen molar-refractivity contribution in [2.24, 2.45) is 0 Å². The van der Waals surface area contributed by atoms with Crippen LogP contribution in [0.25, 0.3) is 5.69 Å². The van der Waals surface area contributed by atoms with Crippen molar-refractivity contribution >= 4 is 23.4 Å². The SMILES string of the molecule is Cc1cccc(NC(=O)CSc2c(C)nn(-c3ccccc3)c2C)c1. The molecular weight excluding hydrogens is 330 g/mol. The van der Waals surface area contributed by atoms with Crippen LogP contribution in [0.5, 0.6) is 0 Å². The molecule has 0 radical (unpaired) electrons. The second-order valence-electron chi connectivity index (χ2n) is 5.95. The van der Waals surface area contributed by atoms with Gasteiger partial charge in [0.05, 0.1) is 27.7 Å². The van der Waals surface area contributed by atoms with E-state index in [0.717, 1.165) is 33.2 Å². The minimum Gasteiger partial charge on any atom is -0.325 e. The Bertz CT molecular complexity index is 887. The summed E-state index contributed by atoms with van der Waals surface area (Å²) in [5.41, 5.74) is 4.98. The summed E-state index contributed by atoms with van der Waals surface area (Å²) < 4.78 is 1.93. The van der Waals surface area contributed by atoms with Crippen LogP contribution in [0.1, 0.15) is 17.0 Å². The van der Waals surface area contributed by atoms with Gasteiger partial charge in [-0.05, 0) is 50.6 Å². The minimum atomic E-state index is -0.0122. The summed E-state index contributed by atoms with van der Waals surface area (Å²) in [7, 11) is 0. The summed E-state index contributed by atoms with van der Waals surface area (Å²) in [5.74, 6) is 0.345. The summed E-state index contributed by atoms with van der Waals surface area (Å²) in [6, 6.07) is 17.8. The number of nitrogens with one attached hydrogen (secondary N) is 1. The summed E-state index contributed by atoms with van der Waals surface area (Å²) in [5, 5.41) is 7.56. The molecule has 0 bridgehead atoms. The van der Waals surface area contributed by atoms with Crippen LogP contribution in [0.3, 0.4) is 0 Å². The zero-order valence-electron chi connectivity index (χ0n) is 14.6. The molecule has 5 heteroatoms. The number of anilines is 1. The predicted molar refractivity (Wildman–Crippen MR) is 104 cm³/mol. The number of aryl methyl sites for hydroxylation is 2. The molecule has 1 amide bonds. The predicted octanol–water partition coefficient (Wildman–Crippen LogP) is 4.53. The lowest BCUT2D eigenvalue weighted by molar-refractivity contribution is -0.113. The number of rotatable bonds is 5. The Morgan fingerprint density at radius 3 is 2.56 bits per heavy atom. The van der Waals surface area contributed by atoms with Crippen molar-refractivity contribution < 1.29 is 4.79 Å². The third kappa shape index (κ3) is 4.12. The fourth-order valence-corrected chi connectivity index (χ4v) is 3.61. The highest BCUT2D eigenvalue weighted by Gasteiger charge is 2.14. The molecule has 0 aliphatic carbocycles. The van der Waals surface area contributed by atoms with E-state index in [1.165, 1.54) is 11.8 Å². The Labute approximate surface area is 152 Å². The number of benzene rings is 2. The normalized spacial score (nSPS) is 10.7. The van der Waals surface area contributed by atoms with Gasteiger partial charge < -0.3 is 5.32 Å². The van der Waals surface area contributed by atoms with Crippen molar-refractivity contribution in [3.63, 3.8) is 0 Å². The van der Waals surface area contributed by atoms with Gasteiger partial charge in [-0.15, -0.1) is 11.8 Å². The van der Waals surface area contributed by atoms with Gasteiger partial charge in [-0.3, -0.25) is 4.79 Å². The topological polar surface area (TPSA) is 46.9 Å². The van der Waals surface area contributed by atoms with Crippen LogP contribution in [0.2, 0.25) is 0 Å². The molecule has 0 aliphatic rings. The number of carbonyl (C=O) groups excluding carboxylic acids is 1. The lowest BCUT2D eigenvalue weighted by Gasteiger charge is -2.07. The van der Waals surface area contributed by atoms with Crippen molar-refractivity contribution in [3.05, 3.63) is 71.5 Å². The van der Waals surface area contributed by atoms with E-state index in [2.05, 4.69) is 10.4 Å². The van der Waals surface area contributed by atoms with Crippen molar-refractivity contribution in [1.29, 1.82) is 0 Å². The van der Waals surface area contributed by atoms with Crippen LogP contribution in [-0.4, -0.2) is 21.4 Å². The number of nitrogens with zero attached hydrogens (tertiary/aromatic N) is 2. The molecule has 1 N–H and O–H groups in total. The first kappa shape index (κ1) is 17.3. The standard InChI is InChI=1S/C20H21N3OS/c1-14-8-7-9-17(12-14)21-19(24)13-25-20-15(2)22-23(16(20)3)18-10-5-4-6-11-18/h4-12H,13H2,1-3H3,(H,21,24). The van der Waals surface area contributed by atoms with Gasteiger partial charge in [-0.1, -0.05) is 30.3 Å². The molecule has 0 saturated carbocycles. The second-order valence-corrected chi connectivity index (χ2v) is 6.94. The Morgan fingerprint density at radius 1 is 1.08 bits per heavy atom. The first-order chi connectivity index (χ1) is 12.0. The number of para-hydroxylation sites is 1. The number of thioether (sulfide) groups is 1. The number of aromatic nitrogens is 2. The third-order valence-electron chi connectivity index (χ3n) is 3.88. The van der Waals surface area contributed by atoms with Crippen LogP contribution in [0.15, 0.2) is 59.5 Å². The molecule has 2 aromatic carbocycles. The number of hydrogen-bond donors (Lipinski definition) is 1. The van der Waals surface area contributed by atoms with Gasteiger partial charge in [0.25, 0.3) is 0 Å². The van der Waals surface area contributed by atoms with Gasteiger partial charge in [0, 0.05) is 5.69 Å². The summed E-state index contributed by atoms with van der Waals surface area (Å²) in [6.45, 7) is 6.02. The maximum absolute atomic E-state index is 12.2. The molecule has 0 aliphatic heterocycles. The molecule has 0 fully saturated rings. The maximum atomic E-state index is 12.2. The Balaban J connectivity index is 1.69. The molecule has 4 nitrogen and oxygen atoms in total. The summed E-state index contributed by atoms with van der Waals surface area (Å²) in [4.78, 5) is 13.3. The number of hydrogen-bond acceptors (Lipinski definition) is 3. The van der Waals surface area contributed by atoms with Gasteiger partial charge in [-0.2, -0.15) is 5.10 Å². The van der Waals surface area contributed by atoms with E-state index in [1.54, 1.807) is 0 Å². The molecule has 128 valence electrons. The fraction of sp³-hybridized carbons (Fsp3) is 0.200. The molecule has 0 saturated heterocycles. The second kappa shape index (κ2) is 7.57. The number of carbonyl (C=O) groups is 1. The molecular formula is C20H21N3OS. The van der Waals surface area contributed by atoms with Crippen molar-refractivity contribution in [1.82, 2.24) is 9.78 Å². The highest BCUT2D eigenvalue weighted by Crippen LogP contribution is 2.28. The minimum absolute atomic E-state index is 0.0122. The van der Waals surface area contributed by atoms with Crippen molar-refractivity contribution in [2.75, 3.05) is 11.1 Å². The van der Waals surface area contributed by atoms with E-state index in [1.807, 2.05) is 80.1 Å². The van der Waals surface area contributed by atoms with Crippen molar-refractivity contribution in [2.45, 2.75) is 25.7 Å². The van der Waals surface area contributed by atoms with Gasteiger partial charge in [0.1, 0.15) is 0 Å². The summed E-state index contributed by atoms with van der Waals surface area (Å²) in [6.07, 6.45) is 0. The molecule has 0 spiro atoms. The van der Waals surface area contributed by atoms with Crippen LogP contribution >= 0.6 is 11.8 Å². The van der Waals surface area contributed by atoms with Crippen molar-refractivity contribution in [3.8, 4) is 5.69 Å². The third-order valence-corrected chi connectivity index (χ3v) is 5.16. The average Bonchev–Trinajstić information content (AvgIpc) is 2.88. The molecule has 0 atom stereocenters. The number of amides is 1. The summed E-state index contributed by atoms with van der Waals surface area (Å²) >= 11 is 1.53. The molecule has 25 heavy (non-hydrogen) atoms. The zero-order chi connectivity index (χ0) is 17.8. The van der Waals surface area contributed by atoms with E-state index in [-0.39, 0.29) is 5.91 Å². The first-order valence-electron chi connectivity index (χ1n) is 8.15. The first-order valence-corrected chi connectivity index (χ1v) is 9.14. The Morgan fingerprint density at radius 2 is 1.84 bits per heavy atom. The molecule has 3 aromatic rings. The van der Waals surface area contributed by atoms with Crippen LogP contribution < -0.4 is 5.32 Å². The average molecular weight is 351 g/mol. The van der Waals surface area contributed by atoms with Crippen LogP contribution in [0, 0.1) is 20.8 Å². The fourth-order valence-electron chi connectivity index (χ4n) is 2.72. The Hall–Kier alpha value is -2.53. The monoisotopic (exact) mass is 351 g/mol. The van der Waals surface area contributed by atoms with E-state index < -0.39 is 0 Å². The highest BCUT2D eigenvalue weighted by molar-refractivity contribution is 8.00. The maximum Gasteiger partial charge on any atom is 0.234 e. The van der Waals surface area contributed by atoms with Crippen LogP contribution in [-0.2, 0) is 4.79 Å². The van der Waals surface area contributed by atoms with E-state index in [4.69, 9.17) is 0 Å². The van der Waals surface area contributed by atoms with Gasteiger partial charge in [-0.25, -0.2) is 4.68 Å². The molecule has 1 heterocycles. The van der Waals surface area contributed by atoms with E-state index in [0.29, 0.717) is 5.75 Å². The zero-order valence-corrected chi connectivity index (χ0v) is 15.4. The molecule has 0 unspecified atom stereocenters. The molecule has 1 aromatic heterocycles. The van der Waals surface area contributed by atoms with E-state index in [9.17, 15) is 4.79 Å². The lowest BCUT2D eigenvalue weighted by Crippen LogP contribution is -2.14. The van der Waals surface area contributed by atoms with Gasteiger partial charge in [0.15, 0.2) is 0 Å². The lowest BCUT2D eigenvalue weighted by atomic mass is 10.2. The quantitative estimate of drug-likeness (QED) is 0.687. The van der Waals surface area contributed by atoms with Crippen LogP contribution in [0.4, 0.5) is 5.69 Å². The van der Waals surface area contributed by atoms with Gasteiger partial charge >= 0.3 is 0 Å². The molecule has 3 rings (SSSR count).